The number of likely N-dealkylation sites (N-methyl/N-ethyl adjacent to an activating group) is 1. The number of anilines is 1. The van der Waals surface area contributed by atoms with E-state index < -0.39 is 0 Å². The first-order valence-electron chi connectivity index (χ1n) is 6.44. The highest BCUT2D eigenvalue weighted by atomic mass is 32.1. The molecule has 100 valence electrons. The topological polar surface area (TPSA) is 36.4 Å². The lowest BCUT2D eigenvalue weighted by Gasteiger charge is -2.37. The average molecular weight is 267 g/mol. The normalized spacial score (nSPS) is 21.6. The predicted molar refractivity (Wildman–Crippen MR) is 75.9 cm³/mol. The van der Waals surface area contributed by atoms with Gasteiger partial charge in [0.25, 0.3) is 0 Å². The minimum absolute atomic E-state index is 0.306. The molecule has 4 nitrogen and oxygen atoms in total. The fourth-order valence-electron chi connectivity index (χ4n) is 2.19. The van der Waals surface area contributed by atoms with Crippen LogP contribution in [0.5, 0.6) is 0 Å². The van der Waals surface area contributed by atoms with E-state index in [4.69, 9.17) is 0 Å². The highest BCUT2D eigenvalue weighted by molar-refractivity contribution is 7.17. The number of nitrogens with zero attached hydrogens (tertiary/aromatic N) is 3. The largest absolute Gasteiger partial charge is 0.345 e. The maximum Gasteiger partial charge on any atom is 0.186 e. The van der Waals surface area contributed by atoms with E-state index in [2.05, 4.69) is 42.6 Å². The van der Waals surface area contributed by atoms with E-state index in [1.165, 1.54) is 11.3 Å². The zero-order valence-corrected chi connectivity index (χ0v) is 12.3. The van der Waals surface area contributed by atoms with E-state index in [9.17, 15) is 4.79 Å². The van der Waals surface area contributed by atoms with Crippen LogP contribution in [0.3, 0.4) is 0 Å². The molecule has 1 unspecified atom stereocenters. The van der Waals surface area contributed by atoms with Gasteiger partial charge in [-0.05, 0) is 19.9 Å². The number of aldehydes is 1. The van der Waals surface area contributed by atoms with Crippen molar-refractivity contribution in [2.75, 3.05) is 31.6 Å². The molecule has 0 spiro atoms. The molecule has 0 aromatic carbocycles. The third-order valence-corrected chi connectivity index (χ3v) is 4.61. The van der Waals surface area contributed by atoms with Crippen LogP contribution in [0.25, 0.3) is 0 Å². The van der Waals surface area contributed by atoms with Gasteiger partial charge in [0.05, 0.1) is 10.6 Å². The molecule has 1 atom stereocenters. The SMILES string of the molecule is CC(C)c1nc(N2CCN(C)C(C)C2)sc1C=O. The van der Waals surface area contributed by atoms with Gasteiger partial charge in [-0.25, -0.2) is 4.98 Å². The summed E-state index contributed by atoms with van der Waals surface area (Å²) in [6, 6.07) is 0.532. The van der Waals surface area contributed by atoms with Gasteiger partial charge in [0.2, 0.25) is 0 Å². The van der Waals surface area contributed by atoms with Crippen LogP contribution in [0.2, 0.25) is 0 Å². The summed E-state index contributed by atoms with van der Waals surface area (Å²) >= 11 is 1.53. The molecule has 2 rings (SSSR count). The van der Waals surface area contributed by atoms with Gasteiger partial charge in [-0.2, -0.15) is 0 Å². The lowest BCUT2D eigenvalue weighted by Crippen LogP contribution is -2.50. The second-order valence-electron chi connectivity index (χ2n) is 5.29. The van der Waals surface area contributed by atoms with E-state index >= 15 is 0 Å². The van der Waals surface area contributed by atoms with E-state index in [0.29, 0.717) is 12.0 Å². The molecule has 0 amide bonds. The van der Waals surface area contributed by atoms with Crippen molar-refractivity contribution in [1.82, 2.24) is 9.88 Å². The van der Waals surface area contributed by atoms with Gasteiger partial charge >= 0.3 is 0 Å². The lowest BCUT2D eigenvalue weighted by molar-refractivity contribution is 0.112. The zero-order chi connectivity index (χ0) is 13.3. The Bertz CT molecular complexity index is 430. The monoisotopic (exact) mass is 267 g/mol. The fourth-order valence-corrected chi connectivity index (χ4v) is 3.26. The maximum atomic E-state index is 11.1. The Hall–Kier alpha value is -0.940. The first kappa shape index (κ1) is 13.5. The van der Waals surface area contributed by atoms with Crippen LogP contribution < -0.4 is 4.90 Å². The molecule has 0 bridgehead atoms. The van der Waals surface area contributed by atoms with Crippen LogP contribution >= 0.6 is 11.3 Å². The van der Waals surface area contributed by atoms with E-state index in [1.807, 2.05) is 0 Å². The van der Waals surface area contributed by atoms with Crippen molar-refractivity contribution in [3.8, 4) is 0 Å². The zero-order valence-electron chi connectivity index (χ0n) is 11.5. The van der Waals surface area contributed by atoms with Crippen molar-refractivity contribution in [2.45, 2.75) is 32.7 Å². The van der Waals surface area contributed by atoms with Gasteiger partial charge in [0, 0.05) is 25.7 Å². The summed E-state index contributed by atoms with van der Waals surface area (Å²) in [5, 5.41) is 1.00. The number of carbonyl (C=O) groups excluding carboxylic acids is 1. The van der Waals surface area contributed by atoms with Gasteiger partial charge in [0.15, 0.2) is 11.4 Å². The number of piperazine rings is 1. The first-order valence-corrected chi connectivity index (χ1v) is 7.25. The quantitative estimate of drug-likeness (QED) is 0.787. The highest BCUT2D eigenvalue weighted by Gasteiger charge is 2.24. The van der Waals surface area contributed by atoms with Gasteiger partial charge in [0.1, 0.15) is 0 Å². The van der Waals surface area contributed by atoms with Crippen LogP contribution in [0.4, 0.5) is 5.13 Å². The first-order chi connectivity index (χ1) is 8.52. The molecular weight excluding hydrogens is 246 g/mol. The van der Waals surface area contributed by atoms with Crippen LogP contribution in [0, 0.1) is 0 Å². The molecule has 1 aromatic heterocycles. The second-order valence-corrected chi connectivity index (χ2v) is 6.30. The molecule has 2 heterocycles. The van der Waals surface area contributed by atoms with Crippen molar-refractivity contribution in [3.63, 3.8) is 0 Å². The van der Waals surface area contributed by atoms with Crippen LogP contribution in [-0.2, 0) is 0 Å². The molecule has 0 saturated carbocycles. The number of rotatable bonds is 3. The van der Waals surface area contributed by atoms with Crippen LogP contribution in [0.1, 0.15) is 42.1 Å². The number of aromatic nitrogens is 1. The molecule has 1 saturated heterocycles. The van der Waals surface area contributed by atoms with Crippen molar-refractivity contribution < 1.29 is 4.79 Å². The van der Waals surface area contributed by atoms with Crippen LogP contribution in [-0.4, -0.2) is 48.9 Å². The van der Waals surface area contributed by atoms with Crippen molar-refractivity contribution >= 4 is 22.8 Å². The Balaban J connectivity index is 2.21. The predicted octanol–water partition coefficient (Wildman–Crippen LogP) is 2.22. The Morgan fingerprint density at radius 3 is 2.67 bits per heavy atom. The Kier molecular flexibility index (Phi) is 4.02. The molecule has 0 N–H and O–H groups in total. The second kappa shape index (κ2) is 5.36. The third kappa shape index (κ3) is 2.57. The van der Waals surface area contributed by atoms with Gasteiger partial charge in [-0.1, -0.05) is 25.2 Å². The Morgan fingerprint density at radius 2 is 2.17 bits per heavy atom. The summed E-state index contributed by atoms with van der Waals surface area (Å²) < 4.78 is 0. The molecule has 1 fully saturated rings. The van der Waals surface area contributed by atoms with E-state index in [1.54, 1.807) is 0 Å². The highest BCUT2D eigenvalue weighted by Crippen LogP contribution is 2.30. The third-order valence-electron chi connectivity index (χ3n) is 3.55. The fraction of sp³-hybridized carbons (Fsp3) is 0.692. The smallest absolute Gasteiger partial charge is 0.186 e. The van der Waals surface area contributed by atoms with Gasteiger partial charge in [-0.3, -0.25) is 4.79 Å². The Labute approximate surface area is 113 Å². The molecule has 1 aromatic rings. The van der Waals surface area contributed by atoms with Crippen molar-refractivity contribution in [2.24, 2.45) is 0 Å². The molecule has 0 radical (unpaired) electrons. The van der Waals surface area contributed by atoms with Gasteiger partial charge < -0.3 is 9.80 Å². The molecule has 1 aliphatic heterocycles. The molecule has 1 aliphatic rings. The van der Waals surface area contributed by atoms with Crippen LogP contribution in [0.15, 0.2) is 0 Å². The summed E-state index contributed by atoms with van der Waals surface area (Å²) in [5.74, 6) is 0.306. The van der Waals surface area contributed by atoms with Crippen molar-refractivity contribution in [1.29, 1.82) is 0 Å². The number of carbonyl (C=O) groups is 1. The maximum absolute atomic E-state index is 11.1. The standard InChI is InChI=1S/C13H21N3OS/c1-9(2)12-11(8-17)18-13(14-12)16-6-5-15(4)10(3)7-16/h8-10H,5-7H2,1-4H3. The summed E-state index contributed by atoms with van der Waals surface area (Å²) in [4.78, 5) is 21.2. The molecule has 18 heavy (non-hydrogen) atoms. The Morgan fingerprint density at radius 1 is 1.44 bits per heavy atom. The molecule has 0 aliphatic carbocycles. The minimum atomic E-state index is 0.306. The van der Waals surface area contributed by atoms with E-state index in [-0.39, 0.29) is 0 Å². The van der Waals surface area contributed by atoms with Gasteiger partial charge in [-0.15, -0.1) is 0 Å². The number of hydrogen-bond donors (Lipinski definition) is 0. The van der Waals surface area contributed by atoms with E-state index in [0.717, 1.165) is 41.6 Å². The minimum Gasteiger partial charge on any atom is -0.345 e. The molecule has 5 heteroatoms. The average Bonchev–Trinajstić information content (AvgIpc) is 2.77. The van der Waals surface area contributed by atoms with Crippen molar-refractivity contribution in [3.05, 3.63) is 10.6 Å². The summed E-state index contributed by atoms with van der Waals surface area (Å²) in [6.45, 7) is 9.42. The summed E-state index contributed by atoms with van der Waals surface area (Å²) in [6.07, 6.45) is 0.940. The number of hydrogen-bond acceptors (Lipinski definition) is 5. The number of thiazole rings is 1. The lowest BCUT2D eigenvalue weighted by atomic mass is 10.1. The molecular formula is C13H21N3OS. The summed E-state index contributed by atoms with van der Waals surface area (Å²) in [7, 11) is 2.15. The summed E-state index contributed by atoms with van der Waals surface area (Å²) in [5.41, 5.74) is 0.941.